The Labute approximate surface area is 120 Å². The first kappa shape index (κ1) is 16.1. The molecule has 0 aromatic heterocycles. The zero-order valence-electron chi connectivity index (χ0n) is 11.2. The van der Waals surface area contributed by atoms with Gasteiger partial charge in [-0.25, -0.2) is 13.1 Å². The van der Waals surface area contributed by atoms with E-state index in [0.29, 0.717) is 4.99 Å². The van der Waals surface area contributed by atoms with Crippen molar-refractivity contribution in [3.05, 3.63) is 35.9 Å². The van der Waals surface area contributed by atoms with Crippen LogP contribution in [-0.2, 0) is 10.0 Å². The second-order valence-corrected chi connectivity index (χ2v) is 7.07. The molecule has 106 valence electrons. The summed E-state index contributed by atoms with van der Waals surface area (Å²) in [6, 6.07) is 9.57. The standard InChI is InChI=1S/C13H20N2O2S2/c1-10(13(14)18)8-15-19(16,17)9-11(2)12-6-4-3-5-7-12/h3-7,10-11,15H,8-9H2,1-2H3,(H2,14,18). The van der Waals surface area contributed by atoms with Gasteiger partial charge < -0.3 is 5.73 Å². The molecule has 0 saturated heterocycles. The van der Waals surface area contributed by atoms with E-state index in [0.717, 1.165) is 5.56 Å². The molecule has 1 aromatic rings. The van der Waals surface area contributed by atoms with Crippen molar-refractivity contribution in [3.8, 4) is 0 Å². The maximum absolute atomic E-state index is 11.9. The van der Waals surface area contributed by atoms with Crippen molar-refractivity contribution in [2.24, 2.45) is 11.7 Å². The summed E-state index contributed by atoms with van der Waals surface area (Å²) in [5.41, 5.74) is 6.46. The highest BCUT2D eigenvalue weighted by molar-refractivity contribution is 7.89. The fraction of sp³-hybridized carbons (Fsp3) is 0.462. The molecular formula is C13H20N2O2S2. The average molecular weight is 300 g/mol. The highest BCUT2D eigenvalue weighted by Gasteiger charge is 2.18. The van der Waals surface area contributed by atoms with Crippen LogP contribution >= 0.6 is 12.2 Å². The lowest BCUT2D eigenvalue weighted by Crippen LogP contribution is -2.35. The Morgan fingerprint density at radius 3 is 2.42 bits per heavy atom. The third-order valence-electron chi connectivity index (χ3n) is 2.93. The lowest BCUT2D eigenvalue weighted by molar-refractivity contribution is 0.569. The van der Waals surface area contributed by atoms with E-state index in [9.17, 15) is 8.42 Å². The van der Waals surface area contributed by atoms with Gasteiger partial charge in [0.1, 0.15) is 0 Å². The van der Waals surface area contributed by atoms with Crippen molar-refractivity contribution in [2.45, 2.75) is 19.8 Å². The molecule has 1 rings (SSSR count). The molecule has 0 fully saturated rings. The fourth-order valence-corrected chi connectivity index (χ4v) is 3.17. The predicted octanol–water partition coefficient (Wildman–Crippen LogP) is 1.63. The lowest BCUT2D eigenvalue weighted by atomic mass is 10.0. The zero-order valence-corrected chi connectivity index (χ0v) is 12.8. The van der Waals surface area contributed by atoms with E-state index >= 15 is 0 Å². The summed E-state index contributed by atoms with van der Waals surface area (Å²) in [7, 11) is -3.32. The van der Waals surface area contributed by atoms with E-state index in [1.54, 1.807) is 6.92 Å². The molecule has 4 nitrogen and oxygen atoms in total. The number of nitrogens with one attached hydrogen (secondary N) is 1. The second kappa shape index (κ2) is 6.98. The van der Waals surface area contributed by atoms with Crippen molar-refractivity contribution in [3.63, 3.8) is 0 Å². The molecule has 0 spiro atoms. The number of hydrogen-bond donors (Lipinski definition) is 2. The van der Waals surface area contributed by atoms with E-state index in [2.05, 4.69) is 4.72 Å². The Morgan fingerprint density at radius 2 is 1.89 bits per heavy atom. The molecule has 0 radical (unpaired) electrons. The molecular weight excluding hydrogens is 280 g/mol. The smallest absolute Gasteiger partial charge is 0.212 e. The zero-order chi connectivity index (χ0) is 14.5. The third kappa shape index (κ3) is 5.67. The number of thiocarbonyl (C=S) groups is 1. The molecule has 0 heterocycles. The van der Waals surface area contributed by atoms with Crippen LogP contribution in [0.25, 0.3) is 0 Å². The largest absolute Gasteiger partial charge is 0.393 e. The molecule has 6 heteroatoms. The summed E-state index contributed by atoms with van der Waals surface area (Å²) >= 11 is 4.81. The van der Waals surface area contributed by atoms with Gasteiger partial charge in [-0.2, -0.15) is 0 Å². The van der Waals surface area contributed by atoms with Crippen LogP contribution in [0.5, 0.6) is 0 Å². The number of hydrogen-bond acceptors (Lipinski definition) is 3. The quantitative estimate of drug-likeness (QED) is 0.751. The number of nitrogens with two attached hydrogens (primary N) is 1. The molecule has 0 aliphatic carbocycles. The molecule has 0 bridgehead atoms. The van der Waals surface area contributed by atoms with Crippen LogP contribution in [0.15, 0.2) is 30.3 Å². The summed E-state index contributed by atoms with van der Waals surface area (Å²) in [5.74, 6) is -0.142. The first-order valence-electron chi connectivity index (χ1n) is 6.13. The molecule has 0 saturated carbocycles. The minimum absolute atomic E-state index is 0.0566. The summed E-state index contributed by atoms with van der Waals surface area (Å²) in [5, 5.41) is 0. The average Bonchev–Trinajstić information content (AvgIpc) is 2.36. The Bertz CT molecular complexity index is 515. The summed E-state index contributed by atoms with van der Waals surface area (Å²) in [6.07, 6.45) is 0. The van der Waals surface area contributed by atoms with Crippen molar-refractivity contribution in [2.75, 3.05) is 12.3 Å². The van der Waals surface area contributed by atoms with Crippen LogP contribution in [0.2, 0.25) is 0 Å². The molecule has 3 N–H and O–H groups in total. The number of sulfonamides is 1. The van der Waals surface area contributed by atoms with Crippen LogP contribution < -0.4 is 10.5 Å². The molecule has 0 aliphatic heterocycles. The van der Waals surface area contributed by atoms with E-state index in [1.165, 1.54) is 0 Å². The maximum atomic E-state index is 11.9. The van der Waals surface area contributed by atoms with Crippen LogP contribution in [0, 0.1) is 5.92 Å². The topological polar surface area (TPSA) is 72.2 Å². The Kier molecular flexibility index (Phi) is 5.90. The summed E-state index contributed by atoms with van der Waals surface area (Å²) in [6.45, 7) is 3.94. The Morgan fingerprint density at radius 1 is 1.32 bits per heavy atom. The van der Waals surface area contributed by atoms with Crippen molar-refractivity contribution >= 4 is 27.2 Å². The van der Waals surface area contributed by atoms with E-state index in [1.807, 2.05) is 37.3 Å². The SMILES string of the molecule is CC(CNS(=O)(=O)CC(C)c1ccccc1)C(N)=S. The van der Waals surface area contributed by atoms with Gasteiger partial charge in [0.05, 0.1) is 10.7 Å². The number of benzene rings is 1. The van der Waals surface area contributed by atoms with Crippen molar-refractivity contribution in [1.29, 1.82) is 0 Å². The Balaban J connectivity index is 2.58. The van der Waals surface area contributed by atoms with Crippen molar-refractivity contribution < 1.29 is 8.42 Å². The molecule has 2 atom stereocenters. The van der Waals surface area contributed by atoms with Gasteiger partial charge in [0.2, 0.25) is 10.0 Å². The van der Waals surface area contributed by atoms with Crippen LogP contribution in [0.1, 0.15) is 25.3 Å². The fourth-order valence-electron chi connectivity index (χ4n) is 1.62. The molecule has 0 aliphatic rings. The van der Waals surface area contributed by atoms with Gasteiger partial charge in [-0.05, 0) is 11.5 Å². The first-order valence-corrected chi connectivity index (χ1v) is 8.19. The highest BCUT2D eigenvalue weighted by atomic mass is 32.2. The van der Waals surface area contributed by atoms with Gasteiger partial charge in [-0.1, -0.05) is 56.4 Å². The third-order valence-corrected chi connectivity index (χ3v) is 4.88. The minimum atomic E-state index is -3.32. The van der Waals surface area contributed by atoms with Gasteiger partial charge >= 0.3 is 0 Å². The van der Waals surface area contributed by atoms with E-state index in [4.69, 9.17) is 18.0 Å². The summed E-state index contributed by atoms with van der Waals surface area (Å²) < 4.78 is 26.4. The van der Waals surface area contributed by atoms with Crippen LogP contribution in [0.3, 0.4) is 0 Å². The number of rotatable bonds is 7. The maximum Gasteiger partial charge on any atom is 0.212 e. The predicted molar refractivity (Wildman–Crippen MR) is 82.6 cm³/mol. The van der Waals surface area contributed by atoms with Crippen LogP contribution in [0.4, 0.5) is 0 Å². The normalized spacial score (nSPS) is 14.8. The van der Waals surface area contributed by atoms with Crippen molar-refractivity contribution in [1.82, 2.24) is 4.72 Å². The molecule has 19 heavy (non-hydrogen) atoms. The minimum Gasteiger partial charge on any atom is -0.393 e. The molecule has 0 amide bonds. The monoisotopic (exact) mass is 300 g/mol. The molecule has 2 unspecified atom stereocenters. The lowest BCUT2D eigenvalue weighted by Gasteiger charge is -2.15. The van der Waals surface area contributed by atoms with E-state index < -0.39 is 10.0 Å². The molecule has 1 aromatic carbocycles. The Hall–Kier alpha value is -0.980. The van der Waals surface area contributed by atoms with Gasteiger partial charge in [0, 0.05) is 12.5 Å². The van der Waals surface area contributed by atoms with E-state index in [-0.39, 0.29) is 24.1 Å². The first-order chi connectivity index (χ1) is 8.82. The van der Waals surface area contributed by atoms with Gasteiger partial charge in [0.15, 0.2) is 0 Å². The summed E-state index contributed by atoms with van der Waals surface area (Å²) in [4.78, 5) is 0.318. The van der Waals surface area contributed by atoms with Crippen LogP contribution in [-0.4, -0.2) is 25.7 Å². The van der Waals surface area contributed by atoms with Gasteiger partial charge in [0.25, 0.3) is 0 Å². The van der Waals surface area contributed by atoms with Gasteiger partial charge in [-0.15, -0.1) is 0 Å². The highest BCUT2D eigenvalue weighted by Crippen LogP contribution is 2.16. The second-order valence-electron chi connectivity index (χ2n) is 4.75. The van der Waals surface area contributed by atoms with Gasteiger partial charge in [-0.3, -0.25) is 0 Å².